The first kappa shape index (κ1) is 15.0. The van der Waals surface area contributed by atoms with Crippen molar-refractivity contribution in [2.75, 3.05) is 32.0 Å². The summed E-state index contributed by atoms with van der Waals surface area (Å²) in [6.45, 7) is 4.03. The number of nitrogens with zero attached hydrogens (tertiary/aromatic N) is 3. The molecule has 0 saturated heterocycles. The fourth-order valence-corrected chi connectivity index (χ4v) is 1.37. The molecule has 0 atom stereocenters. The number of likely N-dealkylation sites (N-methyl/N-ethyl adjacent to an activating group) is 1. The van der Waals surface area contributed by atoms with Crippen molar-refractivity contribution in [1.29, 1.82) is 0 Å². The molecule has 1 N–H and O–H groups in total. The molecule has 0 bridgehead atoms. The highest BCUT2D eigenvalue weighted by molar-refractivity contribution is 6.28. The summed E-state index contributed by atoms with van der Waals surface area (Å²) >= 11 is 5.45. The maximum Gasteiger partial charge on any atom is 0.433 e. The molecule has 0 amide bonds. The monoisotopic (exact) mass is 282 g/mol. The average molecular weight is 283 g/mol. The summed E-state index contributed by atoms with van der Waals surface area (Å²) in [6.07, 6.45) is -4.52. The van der Waals surface area contributed by atoms with E-state index in [0.29, 0.717) is 13.1 Å². The Labute approximate surface area is 108 Å². The molecule has 0 spiro atoms. The third-order valence-corrected chi connectivity index (χ3v) is 2.50. The van der Waals surface area contributed by atoms with E-state index in [1.165, 1.54) is 0 Å². The van der Waals surface area contributed by atoms with Gasteiger partial charge in [0.1, 0.15) is 5.82 Å². The van der Waals surface area contributed by atoms with Gasteiger partial charge in [-0.3, -0.25) is 0 Å². The molecule has 0 aromatic carbocycles. The molecule has 0 unspecified atom stereocenters. The maximum absolute atomic E-state index is 12.5. The Kier molecular flexibility index (Phi) is 5.15. The molecule has 0 aliphatic rings. The van der Waals surface area contributed by atoms with Gasteiger partial charge < -0.3 is 10.2 Å². The van der Waals surface area contributed by atoms with E-state index in [1.807, 2.05) is 18.9 Å². The molecular weight excluding hydrogens is 269 g/mol. The maximum atomic E-state index is 12.5. The molecule has 1 heterocycles. The van der Waals surface area contributed by atoms with Crippen LogP contribution in [-0.4, -0.2) is 41.5 Å². The van der Waals surface area contributed by atoms with Gasteiger partial charge in [0.15, 0.2) is 5.69 Å². The topological polar surface area (TPSA) is 41.0 Å². The van der Waals surface area contributed by atoms with Crippen LogP contribution in [0.3, 0.4) is 0 Å². The first-order valence-electron chi connectivity index (χ1n) is 5.37. The van der Waals surface area contributed by atoms with Crippen LogP contribution in [0.1, 0.15) is 12.6 Å². The normalized spacial score (nSPS) is 11.9. The number of anilines is 1. The number of alkyl halides is 3. The Hall–Kier alpha value is -1.08. The van der Waals surface area contributed by atoms with E-state index in [1.54, 1.807) is 0 Å². The second-order valence-electron chi connectivity index (χ2n) is 3.73. The number of aromatic nitrogens is 2. The highest BCUT2D eigenvalue weighted by atomic mass is 35.5. The van der Waals surface area contributed by atoms with Crippen molar-refractivity contribution in [2.24, 2.45) is 0 Å². The van der Waals surface area contributed by atoms with Gasteiger partial charge in [-0.15, -0.1) is 0 Å². The van der Waals surface area contributed by atoms with Gasteiger partial charge in [0.25, 0.3) is 0 Å². The second-order valence-corrected chi connectivity index (χ2v) is 4.07. The lowest BCUT2D eigenvalue weighted by atomic mass is 10.4. The zero-order valence-corrected chi connectivity index (χ0v) is 10.8. The lowest BCUT2D eigenvalue weighted by molar-refractivity contribution is -0.141. The summed E-state index contributed by atoms with van der Waals surface area (Å²) in [5.74, 6) is 0.0758. The minimum absolute atomic E-state index is 0.0758. The Bertz CT molecular complexity index is 397. The van der Waals surface area contributed by atoms with E-state index in [9.17, 15) is 13.2 Å². The minimum Gasteiger partial charge on any atom is -0.369 e. The van der Waals surface area contributed by atoms with Crippen LogP contribution in [0.25, 0.3) is 0 Å². The second kappa shape index (κ2) is 6.19. The van der Waals surface area contributed by atoms with E-state index < -0.39 is 17.2 Å². The van der Waals surface area contributed by atoms with Crippen LogP contribution < -0.4 is 5.32 Å². The molecule has 1 rings (SSSR count). The Balaban J connectivity index is 2.69. The number of nitrogens with one attached hydrogen (secondary N) is 1. The fourth-order valence-electron chi connectivity index (χ4n) is 1.19. The molecule has 1 aromatic rings. The molecule has 0 saturated carbocycles. The number of rotatable bonds is 5. The molecule has 18 heavy (non-hydrogen) atoms. The third-order valence-electron chi connectivity index (χ3n) is 2.33. The fraction of sp³-hybridized carbons (Fsp3) is 0.600. The lowest BCUT2D eigenvalue weighted by Crippen LogP contribution is -2.25. The summed E-state index contributed by atoms with van der Waals surface area (Å²) in [4.78, 5) is 8.85. The van der Waals surface area contributed by atoms with Crippen LogP contribution >= 0.6 is 11.6 Å². The van der Waals surface area contributed by atoms with Crippen molar-refractivity contribution in [3.05, 3.63) is 17.0 Å². The molecule has 4 nitrogen and oxygen atoms in total. The van der Waals surface area contributed by atoms with Gasteiger partial charge in [0, 0.05) is 19.2 Å². The number of halogens is 4. The van der Waals surface area contributed by atoms with Crippen molar-refractivity contribution >= 4 is 17.4 Å². The van der Waals surface area contributed by atoms with Crippen molar-refractivity contribution in [3.63, 3.8) is 0 Å². The zero-order chi connectivity index (χ0) is 13.8. The Morgan fingerprint density at radius 2 is 2.06 bits per heavy atom. The summed E-state index contributed by atoms with van der Waals surface area (Å²) in [5.41, 5.74) is -1.05. The predicted molar refractivity (Wildman–Crippen MR) is 63.7 cm³/mol. The van der Waals surface area contributed by atoms with E-state index in [0.717, 1.165) is 12.6 Å². The van der Waals surface area contributed by atoms with Crippen molar-refractivity contribution in [1.82, 2.24) is 14.9 Å². The van der Waals surface area contributed by atoms with Crippen LogP contribution in [0.15, 0.2) is 6.07 Å². The van der Waals surface area contributed by atoms with E-state index in [-0.39, 0.29) is 5.82 Å². The van der Waals surface area contributed by atoms with E-state index in [4.69, 9.17) is 11.6 Å². The summed E-state index contributed by atoms with van der Waals surface area (Å²) < 4.78 is 37.4. The van der Waals surface area contributed by atoms with Gasteiger partial charge in [0.05, 0.1) is 0 Å². The SMILES string of the molecule is CCN(C)CCNc1cc(C(F)(F)F)nc(Cl)n1. The molecule has 1 aromatic heterocycles. The van der Waals surface area contributed by atoms with Crippen molar-refractivity contribution in [2.45, 2.75) is 13.1 Å². The van der Waals surface area contributed by atoms with Crippen LogP contribution in [0.4, 0.5) is 19.0 Å². The molecule has 0 fully saturated rings. The lowest BCUT2D eigenvalue weighted by Gasteiger charge is -2.15. The zero-order valence-electron chi connectivity index (χ0n) is 10.1. The highest BCUT2D eigenvalue weighted by Gasteiger charge is 2.33. The average Bonchev–Trinajstić information content (AvgIpc) is 2.27. The van der Waals surface area contributed by atoms with Gasteiger partial charge >= 0.3 is 6.18 Å². The van der Waals surface area contributed by atoms with Crippen LogP contribution in [0, 0.1) is 0 Å². The summed E-state index contributed by atoms with van der Waals surface area (Å²) in [5, 5.41) is 2.37. The number of hydrogen-bond acceptors (Lipinski definition) is 4. The van der Waals surface area contributed by atoms with Gasteiger partial charge in [-0.25, -0.2) is 9.97 Å². The predicted octanol–water partition coefficient (Wildman–Crippen LogP) is 2.51. The van der Waals surface area contributed by atoms with Crippen molar-refractivity contribution < 1.29 is 13.2 Å². The van der Waals surface area contributed by atoms with E-state index in [2.05, 4.69) is 15.3 Å². The molecular formula is C10H14ClF3N4. The summed E-state index contributed by atoms with van der Waals surface area (Å²) in [6, 6.07) is 0.845. The first-order chi connectivity index (χ1) is 8.32. The van der Waals surface area contributed by atoms with Gasteiger partial charge in [-0.1, -0.05) is 6.92 Å². The Morgan fingerprint density at radius 1 is 1.39 bits per heavy atom. The molecule has 0 aliphatic carbocycles. The molecule has 102 valence electrons. The third kappa shape index (κ3) is 4.66. The smallest absolute Gasteiger partial charge is 0.369 e. The molecule has 8 heteroatoms. The molecule has 0 aliphatic heterocycles. The van der Waals surface area contributed by atoms with E-state index >= 15 is 0 Å². The largest absolute Gasteiger partial charge is 0.433 e. The Morgan fingerprint density at radius 3 is 2.61 bits per heavy atom. The van der Waals surface area contributed by atoms with Gasteiger partial charge in [-0.05, 0) is 25.2 Å². The number of hydrogen-bond donors (Lipinski definition) is 1. The van der Waals surface area contributed by atoms with Crippen LogP contribution in [0.2, 0.25) is 5.28 Å². The standard InChI is InChI=1S/C10H14ClF3N4/c1-3-18(2)5-4-15-8-6-7(10(12,13)14)16-9(11)17-8/h6H,3-5H2,1-2H3,(H,15,16,17). The first-order valence-corrected chi connectivity index (χ1v) is 5.75. The summed E-state index contributed by atoms with van der Waals surface area (Å²) in [7, 11) is 1.91. The molecule has 0 radical (unpaired) electrons. The minimum atomic E-state index is -4.52. The van der Waals surface area contributed by atoms with Gasteiger partial charge in [-0.2, -0.15) is 13.2 Å². The van der Waals surface area contributed by atoms with Crippen LogP contribution in [-0.2, 0) is 6.18 Å². The highest BCUT2D eigenvalue weighted by Crippen LogP contribution is 2.29. The van der Waals surface area contributed by atoms with Crippen LogP contribution in [0.5, 0.6) is 0 Å². The quantitative estimate of drug-likeness (QED) is 0.843. The van der Waals surface area contributed by atoms with Gasteiger partial charge in [0.2, 0.25) is 5.28 Å². The van der Waals surface area contributed by atoms with Crippen molar-refractivity contribution in [3.8, 4) is 0 Å².